The third kappa shape index (κ3) is 4.82. The highest BCUT2D eigenvalue weighted by Crippen LogP contribution is 2.27. The Morgan fingerprint density at radius 1 is 1.12 bits per heavy atom. The van der Waals surface area contributed by atoms with E-state index in [0.29, 0.717) is 0 Å². The maximum Gasteiger partial charge on any atom is 0.433 e. The predicted octanol–water partition coefficient (Wildman–Crippen LogP) is 3.49. The smallest absolute Gasteiger partial charge is 0.349 e. The Kier molecular flexibility index (Phi) is 5.56. The Morgan fingerprint density at radius 3 is 2.38 bits per heavy atom. The molecule has 0 spiro atoms. The number of nitrogens with one attached hydrogen (secondary N) is 1. The van der Waals surface area contributed by atoms with Crippen LogP contribution in [0.5, 0.6) is 0 Å². The number of carbonyl (C=O) groups excluding carboxylic acids is 1. The molecule has 0 aliphatic carbocycles. The summed E-state index contributed by atoms with van der Waals surface area (Å²) in [5.41, 5.74) is 0.402. The molecule has 0 radical (unpaired) electrons. The third-order valence-corrected chi connectivity index (χ3v) is 4.49. The van der Waals surface area contributed by atoms with E-state index in [4.69, 9.17) is 0 Å². The first-order valence-electron chi connectivity index (χ1n) is 8.52. The molecule has 0 unspecified atom stereocenters. The van der Waals surface area contributed by atoms with Crippen molar-refractivity contribution in [3.05, 3.63) is 65.5 Å². The van der Waals surface area contributed by atoms with Crippen LogP contribution in [0.2, 0.25) is 0 Å². The lowest BCUT2D eigenvalue weighted by Gasteiger charge is -2.32. The number of benzene rings is 1. The van der Waals surface area contributed by atoms with Crippen LogP contribution in [0.4, 0.5) is 13.2 Å². The topological polar surface area (TPSA) is 45.2 Å². The molecule has 1 fully saturated rings. The summed E-state index contributed by atoms with van der Waals surface area (Å²) in [7, 11) is 0. The summed E-state index contributed by atoms with van der Waals surface area (Å²) in [6.07, 6.45) is -1.90. The van der Waals surface area contributed by atoms with Gasteiger partial charge in [0, 0.05) is 31.9 Å². The third-order valence-electron chi connectivity index (χ3n) is 4.49. The molecule has 2 heterocycles. The van der Waals surface area contributed by atoms with Crippen molar-refractivity contribution in [1.82, 2.24) is 15.2 Å². The van der Waals surface area contributed by atoms with Crippen LogP contribution >= 0.6 is 0 Å². The largest absolute Gasteiger partial charge is 0.433 e. The average molecular weight is 363 g/mol. The molecule has 3 rings (SSSR count). The van der Waals surface area contributed by atoms with Crippen LogP contribution in [0.1, 0.15) is 34.5 Å². The van der Waals surface area contributed by atoms with Gasteiger partial charge in [-0.3, -0.25) is 14.7 Å². The maximum absolute atomic E-state index is 12.5. The van der Waals surface area contributed by atoms with Gasteiger partial charge in [-0.1, -0.05) is 30.3 Å². The van der Waals surface area contributed by atoms with E-state index in [2.05, 4.69) is 27.3 Å². The Morgan fingerprint density at radius 2 is 1.81 bits per heavy atom. The maximum atomic E-state index is 12.5. The lowest BCUT2D eigenvalue weighted by atomic mass is 10.0. The van der Waals surface area contributed by atoms with E-state index < -0.39 is 11.9 Å². The van der Waals surface area contributed by atoms with E-state index in [1.807, 2.05) is 18.2 Å². The summed E-state index contributed by atoms with van der Waals surface area (Å²) >= 11 is 0. The number of hydrogen-bond donors (Lipinski definition) is 1. The first kappa shape index (κ1) is 18.4. The minimum atomic E-state index is -4.50. The highest BCUT2D eigenvalue weighted by molar-refractivity contribution is 5.94. The molecular formula is C19H20F3N3O. The van der Waals surface area contributed by atoms with E-state index >= 15 is 0 Å². The summed E-state index contributed by atoms with van der Waals surface area (Å²) in [6, 6.07) is 12.2. The summed E-state index contributed by atoms with van der Waals surface area (Å²) in [4.78, 5) is 17.9. The van der Waals surface area contributed by atoms with Gasteiger partial charge in [0.2, 0.25) is 0 Å². The molecule has 1 aromatic heterocycles. The van der Waals surface area contributed by atoms with Crippen LogP contribution in [0.25, 0.3) is 0 Å². The molecule has 0 atom stereocenters. The molecule has 2 aromatic rings. The standard InChI is InChI=1S/C19H20F3N3O/c20-19(21,22)17-7-6-15(12-23-17)18(26)24-16-8-10-25(11-9-16)13-14-4-2-1-3-5-14/h1-7,12,16H,8-11,13H2,(H,24,26). The fourth-order valence-corrected chi connectivity index (χ4v) is 3.04. The van der Waals surface area contributed by atoms with Crippen molar-refractivity contribution in [2.75, 3.05) is 13.1 Å². The highest BCUT2D eigenvalue weighted by atomic mass is 19.4. The van der Waals surface area contributed by atoms with Crippen LogP contribution in [-0.2, 0) is 12.7 Å². The van der Waals surface area contributed by atoms with Gasteiger partial charge < -0.3 is 5.32 Å². The van der Waals surface area contributed by atoms with Crippen LogP contribution in [0.3, 0.4) is 0 Å². The quantitative estimate of drug-likeness (QED) is 0.904. The van der Waals surface area contributed by atoms with Gasteiger partial charge >= 0.3 is 6.18 Å². The fraction of sp³-hybridized carbons (Fsp3) is 0.368. The Bertz CT molecular complexity index is 724. The van der Waals surface area contributed by atoms with Gasteiger partial charge in [0.1, 0.15) is 5.69 Å². The number of amides is 1. The number of alkyl halides is 3. The van der Waals surface area contributed by atoms with Crippen molar-refractivity contribution in [3.63, 3.8) is 0 Å². The molecular weight excluding hydrogens is 343 g/mol. The molecule has 138 valence electrons. The van der Waals surface area contributed by atoms with E-state index in [1.54, 1.807) is 0 Å². The van der Waals surface area contributed by atoms with Crippen molar-refractivity contribution in [2.24, 2.45) is 0 Å². The number of likely N-dealkylation sites (tertiary alicyclic amines) is 1. The molecule has 26 heavy (non-hydrogen) atoms. The number of rotatable bonds is 4. The van der Waals surface area contributed by atoms with Crippen LogP contribution in [0, 0.1) is 0 Å². The summed E-state index contributed by atoms with van der Waals surface area (Å²) in [5, 5.41) is 2.89. The highest BCUT2D eigenvalue weighted by Gasteiger charge is 2.32. The van der Waals surface area contributed by atoms with Crippen molar-refractivity contribution in [2.45, 2.75) is 31.6 Å². The summed E-state index contributed by atoms with van der Waals surface area (Å²) in [5.74, 6) is -0.382. The Hall–Kier alpha value is -2.41. The zero-order valence-corrected chi connectivity index (χ0v) is 14.2. The minimum absolute atomic E-state index is 0.0248. The second-order valence-corrected chi connectivity index (χ2v) is 6.44. The van der Waals surface area contributed by atoms with E-state index in [1.165, 1.54) is 5.56 Å². The molecule has 1 N–H and O–H groups in total. The van der Waals surface area contributed by atoms with Crippen LogP contribution in [0.15, 0.2) is 48.7 Å². The van der Waals surface area contributed by atoms with Gasteiger partial charge in [-0.2, -0.15) is 13.2 Å². The van der Waals surface area contributed by atoms with Gasteiger partial charge in [0.25, 0.3) is 5.91 Å². The van der Waals surface area contributed by atoms with Gasteiger partial charge in [-0.25, -0.2) is 0 Å². The Balaban J connectivity index is 1.49. The molecule has 1 aromatic carbocycles. The fourth-order valence-electron chi connectivity index (χ4n) is 3.04. The molecule has 1 aliphatic heterocycles. The van der Waals surface area contributed by atoms with E-state index in [0.717, 1.165) is 50.8 Å². The summed E-state index contributed by atoms with van der Waals surface area (Å²) < 4.78 is 37.6. The normalized spacial score (nSPS) is 16.4. The monoisotopic (exact) mass is 363 g/mol. The second-order valence-electron chi connectivity index (χ2n) is 6.44. The lowest BCUT2D eigenvalue weighted by molar-refractivity contribution is -0.141. The number of hydrogen-bond acceptors (Lipinski definition) is 3. The van der Waals surface area contributed by atoms with Crippen LogP contribution in [-0.4, -0.2) is 34.9 Å². The number of pyridine rings is 1. The molecule has 0 bridgehead atoms. The van der Waals surface area contributed by atoms with Crippen molar-refractivity contribution >= 4 is 5.91 Å². The molecule has 4 nitrogen and oxygen atoms in total. The molecule has 1 aliphatic rings. The number of piperidine rings is 1. The van der Waals surface area contributed by atoms with Crippen molar-refractivity contribution < 1.29 is 18.0 Å². The first-order valence-corrected chi connectivity index (χ1v) is 8.52. The second kappa shape index (κ2) is 7.86. The molecule has 1 amide bonds. The zero-order valence-electron chi connectivity index (χ0n) is 14.2. The van der Waals surface area contributed by atoms with Gasteiger partial charge in [-0.15, -0.1) is 0 Å². The van der Waals surface area contributed by atoms with E-state index in [9.17, 15) is 18.0 Å². The minimum Gasteiger partial charge on any atom is -0.349 e. The van der Waals surface area contributed by atoms with Crippen LogP contribution < -0.4 is 5.32 Å². The molecule has 0 saturated carbocycles. The van der Waals surface area contributed by atoms with Gasteiger partial charge in [0.05, 0.1) is 5.56 Å². The zero-order chi connectivity index (χ0) is 18.6. The summed E-state index contributed by atoms with van der Waals surface area (Å²) in [6.45, 7) is 2.61. The molecule has 7 heteroatoms. The number of halogens is 3. The lowest BCUT2D eigenvalue weighted by Crippen LogP contribution is -2.44. The Labute approximate surface area is 150 Å². The van der Waals surface area contributed by atoms with Gasteiger partial charge in [-0.05, 0) is 30.5 Å². The number of aromatic nitrogens is 1. The number of nitrogens with zero attached hydrogens (tertiary/aromatic N) is 2. The van der Waals surface area contributed by atoms with Crippen molar-refractivity contribution in [3.8, 4) is 0 Å². The molecule has 1 saturated heterocycles. The first-order chi connectivity index (χ1) is 12.4. The SMILES string of the molecule is O=C(NC1CCN(Cc2ccccc2)CC1)c1ccc(C(F)(F)F)nc1. The number of carbonyl (C=O) groups is 1. The predicted molar refractivity (Wildman–Crippen MR) is 91.4 cm³/mol. The van der Waals surface area contributed by atoms with E-state index in [-0.39, 0.29) is 17.5 Å². The van der Waals surface area contributed by atoms with Crippen molar-refractivity contribution in [1.29, 1.82) is 0 Å². The average Bonchev–Trinajstić information content (AvgIpc) is 2.63. The van der Waals surface area contributed by atoms with Gasteiger partial charge in [0.15, 0.2) is 0 Å².